The summed E-state index contributed by atoms with van der Waals surface area (Å²) in [7, 11) is 0. The minimum absolute atomic E-state index is 0.724. The zero-order valence-corrected chi connectivity index (χ0v) is 12.2. The lowest BCUT2D eigenvalue weighted by molar-refractivity contribution is 0.589. The second-order valence-electron chi connectivity index (χ2n) is 3.73. The van der Waals surface area contributed by atoms with E-state index in [1.807, 2.05) is 0 Å². The molecule has 0 aliphatic carbocycles. The van der Waals surface area contributed by atoms with Gasteiger partial charge in [0.1, 0.15) is 0 Å². The third-order valence-corrected chi connectivity index (χ3v) is 4.62. The van der Waals surface area contributed by atoms with Crippen LogP contribution in [0.2, 0.25) is 0 Å². The average molecular weight is 413 g/mol. The van der Waals surface area contributed by atoms with E-state index in [1.165, 1.54) is 20.1 Å². The molecular weight excluding hydrogens is 400 g/mol. The zero-order valence-electron chi connectivity index (χ0n) is 7.84. The molecule has 1 saturated heterocycles. The van der Waals surface area contributed by atoms with Crippen molar-refractivity contribution < 1.29 is 0 Å². The van der Waals surface area contributed by atoms with E-state index in [9.17, 15) is 0 Å². The fourth-order valence-electron chi connectivity index (χ4n) is 2.02. The van der Waals surface area contributed by atoms with Gasteiger partial charge in [-0.1, -0.05) is 34.7 Å². The van der Waals surface area contributed by atoms with Gasteiger partial charge in [-0.15, -0.1) is 0 Å². The van der Waals surface area contributed by atoms with Crippen LogP contribution in [-0.4, -0.2) is 17.5 Å². The van der Waals surface area contributed by atoms with Crippen molar-refractivity contribution in [2.75, 3.05) is 17.5 Å². The maximum atomic E-state index is 3.48. The van der Waals surface area contributed by atoms with Crippen molar-refractivity contribution in [1.82, 2.24) is 5.32 Å². The van der Waals surface area contributed by atoms with Crippen LogP contribution in [0.5, 0.6) is 0 Å². The fraction of sp³-hybridized carbons (Fsp3) is 0.455. The van der Waals surface area contributed by atoms with E-state index in [2.05, 4.69) is 74.8 Å². The maximum Gasteiger partial charge on any atom is 0.0133 e. The molecule has 0 radical (unpaired) electrons. The van der Waals surface area contributed by atoms with Crippen molar-refractivity contribution in [2.45, 2.75) is 5.92 Å². The topological polar surface area (TPSA) is 12.0 Å². The molecule has 1 N–H and O–H groups in total. The van der Waals surface area contributed by atoms with E-state index >= 15 is 0 Å². The van der Waals surface area contributed by atoms with E-state index in [-0.39, 0.29) is 0 Å². The van der Waals surface area contributed by atoms with Gasteiger partial charge in [0, 0.05) is 20.5 Å². The SMILES string of the molecule is ICC1CNCC1c1cccc(I)c1. The first kappa shape index (κ1) is 11.1. The molecule has 1 aromatic carbocycles. The highest BCUT2D eigenvalue weighted by Gasteiger charge is 2.27. The number of hydrogen-bond acceptors (Lipinski definition) is 1. The minimum atomic E-state index is 0.724. The molecule has 1 aliphatic heterocycles. The van der Waals surface area contributed by atoms with Gasteiger partial charge in [0.05, 0.1) is 0 Å². The molecule has 2 rings (SSSR count). The lowest BCUT2D eigenvalue weighted by Gasteiger charge is -2.16. The van der Waals surface area contributed by atoms with E-state index in [0.29, 0.717) is 0 Å². The molecule has 1 nitrogen and oxygen atoms in total. The molecule has 0 spiro atoms. The van der Waals surface area contributed by atoms with Gasteiger partial charge in [0.15, 0.2) is 0 Å². The summed E-state index contributed by atoms with van der Waals surface area (Å²) >= 11 is 4.89. The number of hydrogen-bond donors (Lipinski definition) is 1. The Kier molecular flexibility index (Phi) is 4.07. The molecule has 0 amide bonds. The van der Waals surface area contributed by atoms with Crippen molar-refractivity contribution in [2.24, 2.45) is 5.92 Å². The normalized spacial score (nSPS) is 26.7. The van der Waals surface area contributed by atoms with E-state index in [1.54, 1.807) is 0 Å². The Bertz CT molecular complexity index is 314. The predicted molar refractivity (Wildman–Crippen MR) is 77.1 cm³/mol. The third-order valence-electron chi connectivity index (χ3n) is 2.81. The molecule has 0 bridgehead atoms. The second kappa shape index (κ2) is 5.12. The van der Waals surface area contributed by atoms with Gasteiger partial charge in [0.25, 0.3) is 0 Å². The standard InChI is InChI=1S/C11H13I2N/c12-5-9-6-14-7-11(9)8-2-1-3-10(13)4-8/h1-4,9,11,14H,5-7H2. The van der Waals surface area contributed by atoms with Gasteiger partial charge < -0.3 is 5.32 Å². The average Bonchev–Trinajstić information content (AvgIpc) is 2.65. The molecule has 1 fully saturated rings. The lowest BCUT2D eigenvalue weighted by atomic mass is 9.90. The first-order chi connectivity index (χ1) is 6.81. The summed E-state index contributed by atoms with van der Waals surface area (Å²) < 4.78 is 2.60. The van der Waals surface area contributed by atoms with Crippen molar-refractivity contribution >= 4 is 45.2 Å². The van der Waals surface area contributed by atoms with Gasteiger partial charge in [-0.2, -0.15) is 0 Å². The summed E-state index contributed by atoms with van der Waals surface area (Å²) in [5.41, 5.74) is 1.50. The number of alkyl halides is 1. The fourth-order valence-corrected chi connectivity index (χ4v) is 3.51. The third kappa shape index (κ3) is 2.41. The van der Waals surface area contributed by atoms with Crippen LogP contribution in [0.15, 0.2) is 24.3 Å². The van der Waals surface area contributed by atoms with Crippen LogP contribution in [-0.2, 0) is 0 Å². The van der Waals surface area contributed by atoms with Gasteiger partial charge in [0.2, 0.25) is 0 Å². The van der Waals surface area contributed by atoms with Crippen LogP contribution < -0.4 is 5.32 Å². The Labute approximate surface area is 112 Å². The van der Waals surface area contributed by atoms with Crippen LogP contribution in [0, 0.1) is 9.49 Å². The molecule has 14 heavy (non-hydrogen) atoms. The summed E-state index contributed by atoms with van der Waals surface area (Å²) in [5, 5.41) is 3.48. The Morgan fingerprint density at radius 2 is 2.21 bits per heavy atom. The smallest absolute Gasteiger partial charge is 0.0133 e. The molecule has 76 valence electrons. The van der Waals surface area contributed by atoms with Crippen molar-refractivity contribution in [3.05, 3.63) is 33.4 Å². The van der Waals surface area contributed by atoms with Gasteiger partial charge in [-0.25, -0.2) is 0 Å². The first-order valence-corrected chi connectivity index (χ1v) is 7.44. The van der Waals surface area contributed by atoms with Gasteiger partial charge in [-0.05, 0) is 52.7 Å². The van der Waals surface area contributed by atoms with Crippen LogP contribution in [0.3, 0.4) is 0 Å². The molecule has 2 atom stereocenters. The van der Waals surface area contributed by atoms with E-state index in [4.69, 9.17) is 0 Å². The Morgan fingerprint density at radius 3 is 2.93 bits per heavy atom. The first-order valence-electron chi connectivity index (χ1n) is 4.83. The molecule has 0 aromatic heterocycles. The molecule has 1 aromatic rings. The van der Waals surface area contributed by atoms with Crippen molar-refractivity contribution in [3.8, 4) is 0 Å². The summed E-state index contributed by atoms with van der Waals surface area (Å²) in [6, 6.07) is 8.90. The summed E-state index contributed by atoms with van der Waals surface area (Å²) in [6.07, 6.45) is 0. The summed E-state index contributed by atoms with van der Waals surface area (Å²) in [4.78, 5) is 0. The largest absolute Gasteiger partial charge is 0.316 e. The number of benzene rings is 1. The molecule has 1 aliphatic rings. The Hall–Kier alpha value is 0.640. The molecule has 2 unspecified atom stereocenters. The zero-order chi connectivity index (χ0) is 9.97. The van der Waals surface area contributed by atoms with E-state index in [0.717, 1.165) is 18.4 Å². The van der Waals surface area contributed by atoms with Crippen LogP contribution in [0.1, 0.15) is 11.5 Å². The number of halogens is 2. The maximum absolute atomic E-state index is 3.48. The highest BCUT2D eigenvalue weighted by molar-refractivity contribution is 14.1. The van der Waals surface area contributed by atoms with Crippen LogP contribution >= 0.6 is 45.2 Å². The number of nitrogens with one attached hydrogen (secondary N) is 1. The minimum Gasteiger partial charge on any atom is -0.316 e. The van der Waals surface area contributed by atoms with Crippen molar-refractivity contribution in [3.63, 3.8) is 0 Å². The highest BCUT2D eigenvalue weighted by Crippen LogP contribution is 2.30. The van der Waals surface area contributed by atoms with Crippen molar-refractivity contribution in [1.29, 1.82) is 0 Å². The Morgan fingerprint density at radius 1 is 1.36 bits per heavy atom. The van der Waals surface area contributed by atoms with Crippen LogP contribution in [0.25, 0.3) is 0 Å². The molecule has 3 heteroatoms. The molecule has 1 heterocycles. The molecule has 0 saturated carbocycles. The summed E-state index contributed by atoms with van der Waals surface area (Å²) in [5.74, 6) is 1.54. The molecular formula is C11H13I2N. The van der Waals surface area contributed by atoms with Gasteiger partial charge >= 0.3 is 0 Å². The van der Waals surface area contributed by atoms with E-state index < -0.39 is 0 Å². The number of rotatable bonds is 2. The lowest BCUT2D eigenvalue weighted by Crippen LogP contribution is -2.11. The Balaban J connectivity index is 2.21. The quantitative estimate of drug-likeness (QED) is 0.581. The monoisotopic (exact) mass is 413 g/mol. The summed E-state index contributed by atoms with van der Waals surface area (Å²) in [6.45, 7) is 2.33. The highest BCUT2D eigenvalue weighted by atomic mass is 127. The van der Waals surface area contributed by atoms with Crippen LogP contribution in [0.4, 0.5) is 0 Å². The second-order valence-corrected chi connectivity index (χ2v) is 5.86. The predicted octanol–water partition coefficient (Wildman–Crippen LogP) is 3.03. The van der Waals surface area contributed by atoms with Gasteiger partial charge in [-0.3, -0.25) is 0 Å².